The SMILES string of the molecule is CCc1ccccc1CNC(=NC)NC1CC(C)N(C2CC2)C1.I. The van der Waals surface area contributed by atoms with E-state index in [9.17, 15) is 0 Å². The highest BCUT2D eigenvalue weighted by Crippen LogP contribution is 2.33. The van der Waals surface area contributed by atoms with Gasteiger partial charge in [-0.05, 0) is 43.7 Å². The Balaban J connectivity index is 0.00000208. The number of rotatable bonds is 5. The molecule has 2 fully saturated rings. The van der Waals surface area contributed by atoms with Crippen molar-refractivity contribution in [3.63, 3.8) is 0 Å². The monoisotopic (exact) mass is 442 g/mol. The van der Waals surface area contributed by atoms with E-state index in [0.29, 0.717) is 12.1 Å². The van der Waals surface area contributed by atoms with Gasteiger partial charge in [0.1, 0.15) is 0 Å². The minimum absolute atomic E-state index is 0. The second-order valence-electron chi connectivity index (χ2n) is 6.90. The number of likely N-dealkylation sites (tertiary alicyclic amines) is 1. The molecule has 0 bridgehead atoms. The fourth-order valence-corrected chi connectivity index (χ4v) is 3.72. The molecule has 1 aromatic rings. The molecule has 0 spiro atoms. The third-order valence-corrected chi connectivity index (χ3v) is 5.15. The third-order valence-electron chi connectivity index (χ3n) is 5.15. The summed E-state index contributed by atoms with van der Waals surface area (Å²) in [6.07, 6.45) is 5.05. The number of aryl methyl sites for hydroxylation is 1. The number of halogens is 1. The second-order valence-corrected chi connectivity index (χ2v) is 6.90. The lowest BCUT2D eigenvalue weighted by Crippen LogP contribution is -2.44. The highest BCUT2D eigenvalue weighted by atomic mass is 127. The normalized spacial score (nSPS) is 24.5. The van der Waals surface area contributed by atoms with Gasteiger partial charge < -0.3 is 10.6 Å². The van der Waals surface area contributed by atoms with Crippen LogP contribution in [0.5, 0.6) is 0 Å². The summed E-state index contributed by atoms with van der Waals surface area (Å²) in [7, 11) is 1.86. The topological polar surface area (TPSA) is 39.7 Å². The van der Waals surface area contributed by atoms with Crippen molar-refractivity contribution in [3.8, 4) is 0 Å². The van der Waals surface area contributed by atoms with E-state index < -0.39 is 0 Å². The van der Waals surface area contributed by atoms with Crippen molar-refractivity contribution < 1.29 is 0 Å². The number of nitrogens with one attached hydrogen (secondary N) is 2. The molecule has 1 aliphatic heterocycles. The molecule has 1 saturated carbocycles. The van der Waals surface area contributed by atoms with E-state index in [0.717, 1.165) is 31.5 Å². The standard InChI is InChI=1S/C19H30N4.HI/c1-4-15-7-5-6-8-16(15)12-21-19(20-3)22-17-11-14(2)23(13-17)18-9-10-18;/h5-8,14,17-18H,4,9-13H2,1-3H3,(H2,20,21,22);1H. The van der Waals surface area contributed by atoms with Crippen LogP contribution in [0.4, 0.5) is 0 Å². The predicted octanol–water partition coefficient (Wildman–Crippen LogP) is 3.16. The number of aliphatic imine (C=N–C) groups is 1. The first-order valence-electron chi connectivity index (χ1n) is 9.01. The van der Waals surface area contributed by atoms with E-state index >= 15 is 0 Å². The molecule has 0 aromatic heterocycles. The molecule has 2 atom stereocenters. The van der Waals surface area contributed by atoms with E-state index in [1.54, 1.807) is 0 Å². The number of benzene rings is 1. The quantitative estimate of drug-likeness (QED) is 0.418. The molecule has 4 nitrogen and oxygen atoms in total. The number of nitrogens with zero attached hydrogens (tertiary/aromatic N) is 2. The summed E-state index contributed by atoms with van der Waals surface area (Å²) in [6, 6.07) is 10.7. The lowest BCUT2D eigenvalue weighted by Gasteiger charge is -2.20. The van der Waals surface area contributed by atoms with Crippen LogP contribution in [0.15, 0.2) is 29.3 Å². The highest BCUT2D eigenvalue weighted by molar-refractivity contribution is 14.0. The second kappa shape index (κ2) is 9.04. The summed E-state index contributed by atoms with van der Waals surface area (Å²) < 4.78 is 0. The Labute approximate surface area is 163 Å². The molecule has 2 unspecified atom stereocenters. The Morgan fingerprint density at radius 3 is 2.58 bits per heavy atom. The van der Waals surface area contributed by atoms with Gasteiger partial charge in [-0.2, -0.15) is 0 Å². The van der Waals surface area contributed by atoms with E-state index in [4.69, 9.17) is 0 Å². The zero-order valence-electron chi connectivity index (χ0n) is 15.1. The van der Waals surface area contributed by atoms with E-state index in [1.165, 1.54) is 30.4 Å². The summed E-state index contributed by atoms with van der Waals surface area (Å²) in [5.74, 6) is 0.922. The van der Waals surface area contributed by atoms with Gasteiger partial charge in [0, 0.05) is 38.3 Å². The van der Waals surface area contributed by atoms with Crippen LogP contribution in [-0.4, -0.2) is 42.6 Å². The largest absolute Gasteiger partial charge is 0.352 e. The van der Waals surface area contributed by atoms with Crippen molar-refractivity contribution in [2.45, 2.75) is 64.2 Å². The van der Waals surface area contributed by atoms with Crippen LogP contribution in [0.25, 0.3) is 0 Å². The van der Waals surface area contributed by atoms with Gasteiger partial charge in [0.2, 0.25) is 0 Å². The fraction of sp³-hybridized carbons (Fsp3) is 0.632. The van der Waals surface area contributed by atoms with E-state index in [2.05, 4.69) is 58.6 Å². The van der Waals surface area contributed by atoms with Crippen LogP contribution in [0.3, 0.4) is 0 Å². The Morgan fingerprint density at radius 2 is 1.96 bits per heavy atom. The average molecular weight is 442 g/mol. The van der Waals surface area contributed by atoms with Gasteiger partial charge in [0.15, 0.2) is 5.96 Å². The maximum absolute atomic E-state index is 4.41. The van der Waals surface area contributed by atoms with Crippen LogP contribution in [0.1, 0.15) is 44.2 Å². The van der Waals surface area contributed by atoms with Crippen LogP contribution >= 0.6 is 24.0 Å². The van der Waals surface area contributed by atoms with Crippen molar-refractivity contribution in [2.24, 2.45) is 4.99 Å². The van der Waals surface area contributed by atoms with Gasteiger partial charge in [-0.25, -0.2) is 0 Å². The maximum Gasteiger partial charge on any atom is 0.191 e. The Hall–Kier alpha value is -0.820. The van der Waals surface area contributed by atoms with Gasteiger partial charge in [-0.1, -0.05) is 31.2 Å². The zero-order valence-corrected chi connectivity index (χ0v) is 17.4. The van der Waals surface area contributed by atoms with Gasteiger partial charge in [0.05, 0.1) is 0 Å². The first kappa shape index (κ1) is 19.5. The molecule has 3 rings (SSSR count). The summed E-state index contributed by atoms with van der Waals surface area (Å²) in [5, 5.41) is 7.10. The molecule has 5 heteroatoms. The van der Waals surface area contributed by atoms with E-state index in [-0.39, 0.29) is 24.0 Å². The van der Waals surface area contributed by atoms with Crippen molar-refractivity contribution in [1.29, 1.82) is 0 Å². The summed E-state index contributed by atoms with van der Waals surface area (Å²) >= 11 is 0. The van der Waals surface area contributed by atoms with Crippen LogP contribution < -0.4 is 10.6 Å². The zero-order chi connectivity index (χ0) is 16.2. The molecule has 1 aliphatic carbocycles. The van der Waals surface area contributed by atoms with Gasteiger partial charge in [-0.15, -0.1) is 24.0 Å². The average Bonchev–Trinajstić information content (AvgIpc) is 3.35. The molecule has 134 valence electrons. The number of hydrogen-bond acceptors (Lipinski definition) is 2. The van der Waals surface area contributed by atoms with Crippen molar-refractivity contribution in [1.82, 2.24) is 15.5 Å². The van der Waals surface area contributed by atoms with Crippen molar-refractivity contribution in [3.05, 3.63) is 35.4 Å². The van der Waals surface area contributed by atoms with Crippen LogP contribution in [0.2, 0.25) is 0 Å². The summed E-state index contributed by atoms with van der Waals surface area (Å²) in [4.78, 5) is 7.07. The fourth-order valence-electron chi connectivity index (χ4n) is 3.72. The van der Waals surface area contributed by atoms with Gasteiger partial charge in [0.25, 0.3) is 0 Å². The first-order chi connectivity index (χ1) is 11.2. The molecule has 2 aliphatic rings. The molecule has 1 saturated heterocycles. The molecule has 24 heavy (non-hydrogen) atoms. The lowest BCUT2D eigenvalue weighted by atomic mass is 10.1. The smallest absolute Gasteiger partial charge is 0.191 e. The Kier molecular flexibility index (Phi) is 7.34. The minimum Gasteiger partial charge on any atom is -0.352 e. The van der Waals surface area contributed by atoms with Crippen LogP contribution in [-0.2, 0) is 13.0 Å². The van der Waals surface area contributed by atoms with Crippen LogP contribution in [0, 0.1) is 0 Å². The molecule has 0 amide bonds. The molecular formula is C19H31IN4. The molecule has 1 heterocycles. The number of hydrogen-bond donors (Lipinski definition) is 2. The third kappa shape index (κ3) is 4.85. The van der Waals surface area contributed by atoms with Gasteiger partial charge in [-0.3, -0.25) is 9.89 Å². The van der Waals surface area contributed by atoms with E-state index in [1.807, 2.05) is 7.05 Å². The lowest BCUT2D eigenvalue weighted by molar-refractivity contribution is 0.256. The van der Waals surface area contributed by atoms with Crippen molar-refractivity contribution in [2.75, 3.05) is 13.6 Å². The minimum atomic E-state index is 0. The Bertz CT molecular complexity index is 556. The highest BCUT2D eigenvalue weighted by Gasteiger charge is 2.38. The Morgan fingerprint density at radius 1 is 1.25 bits per heavy atom. The van der Waals surface area contributed by atoms with Crippen molar-refractivity contribution >= 4 is 29.9 Å². The summed E-state index contributed by atoms with van der Waals surface area (Å²) in [6.45, 7) is 6.54. The first-order valence-corrected chi connectivity index (χ1v) is 9.01. The van der Waals surface area contributed by atoms with Gasteiger partial charge >= 0.3 is 0 Å². The molecule has 1 aromatic carbocycles. The molecule has 0 radical (unpaired) electrons. The molecule has 2 N–H and O–H groups in total. The maximum atomic E-state index is 4.41. The molecular weight excluding hydrogens is 411 g/mol. The number of guanidine groups is 1. The summed E-state index contributed by atoms with van der Waals surface area (Å²) in [5.41, 5.74) is 2.77. The predicted molar refractivity (Wildman–Crippen MR) is 112 cm³/mol.